The maximum absolute atomic E-state index is 13.6. The highest BCUT2D eigenvalue weighted by Gasteiger charge is 2.31. The number of nitrogens with one attached hydrogen (secondary N) is 1. The fourth-order valence-electron chi connectivity index (χ4n) is 4.55. The van der Waals surface area contributed by atoms with Crippen LogP contribution in [0.25, 0.3) is 10.9 Å². The van der Waals surface area contributed by atoms with Crippen molar-refractivity contribution in [3.8, 4) is 0 Å². The lowest BCUT2D eigenvalue weighted by Gasteiger charge is -2.33. The number of aromatic nitrogens is 5. The van der Waals surface area contributed by atoms with Crippen LogP contribution in [-0.4, -0.2) is 30.1 Å². The number of aryl methyl sites for hydroxylation is 2. The van der Waals surface area contributed by atoms with Gasteiger partial charge in [0.25, 0.3) is 5.56 Å². The molecule has 190 valence electrons. The predicted octanol–water partition coefficient (Wildman–Crippen LogP) is 5.57. The van der Waals surface area contributed by atoms with E-state index >= 15 is 0 Å². The number of halogens is 1. The fraction of sp³-hybridized carbons (Fsp3) is 0.429. The number of hydrogen-bond acceptors (Lipinski definition) is 5. The van der Waals surface area contributed by atoms with Crippen molar-refractivity contribution >= 4 is 10.9 Å². The molecule has 4 rings (SSSR count). The highest BCUT2D eigenvalue weighted by Crippen LogP contribution is 2.30. The topological polar surface area (TPSA) is 79.7 Å². The maximum atomic E-state index is 13.6. The molecule has 0 aliphatic heterocycles. The molecule has 2 aromatic heterocycles. The molecular weight excluding hydrogens is 455 g/mol. The first-order valence-electron chi connectivity index (χ1n) is 12.5. The maximum Gasteiger partial charge on any atom is 0.252 e. The van der Waals surface area contributed by atoms with Gasteiger partial charge in [-0.3, -0.25) is 9.69 Å². The van der Waals surface area contributed by atoms with E-state index < -0.39 is 0 Å². The molecule has 0 fully saturated rings. The monoisotopic (exact) mass is 490 g/mol. The lowest BCUT2D eigenvalue weighted by Crippen LogP contribution is -2.36. The van der Waals surface area contributed by atoms with Crippen molar-refractivity contribution in [1.29, 1.82) is 0 Å². The van der Waals surface area contributed by atoms with E-state index in [0.717, 1.165) is 40.7 Å². The number of nitrogens with zero attached hydrogens (tertiary/aromatic N) is 5. The third-order valence-corrected chi connectivity index (χ3v) is 7.27. The minimum Gasteiger partial charge on any atom is -0.322 e. The second-order valence-electron chi connectivity index (χ2n) is 10.2. The second-order valence-corrected chi connectivity index (χ2v) is 10.2. The number of aromatic amines is 1. The van der Waals surface area contributed by atoms with Gasteiger partial charge in [0, 0.05) is 24.2 Å². The Morgan fingerprint density at radius 2 is 1.75 bits per heavy atom. The smallest absolute Gasteiger partial charge is 0.252 e. The average Bonchev–Trinajstić information content (AvgIpc) is 3.33. The van der Waals surface area contributed by atoms with E-state index in [-0.39, 0.29) is 23.0 Å². The van der Waals surface area contributed by atoms with Crippen molar-refractivity contribution in [3.05, 3.63) is 86.7 Å². The molecule has 0 unspecified atom stereocenters. The molecule has 2 heterocycles. The molecule has 0 radical (unpaired) electrons. The van der Waals surface area contributed by atoms with Crippen molar-refractivity contribution in [3.63, 3.8) is 0 Å². The van der Waals surface area contributed by atoms with E-state index in [1.165, 1.54) is 17.7 Å². The van der Waals surface area contributed by atoms with Crippen LogP contribution in [0.15, 0.2) is 47.3 Å². The SMILES string of the molecule is CC[C@H](c1nnnn1C(C)(C)CC)N(Cc1ccc(F)cc1)Cc1cc2cc(C)c(C)cc2[nH]c1=O. The summed E-state index contributed by atoms with van der Waals surface area (Å²) >= 11 is 0. The first kappa shape index (κ1) is 25.7. The van der Waals surface area contributed by atoms with Gasteiger partial charge < -0.3 is 4.98 Å². The molecule has 36 heavy (non-hydrogen) atoms. The van der Waals surface area contributed by atoms with E-state index in [4.69, 9.17) is 0 Å². The van der Waals surface area contributed by atoms with E-state index in [2.05, 4.69) is 66.1 Å². The molecule has 0 amide bonds. The number of hydrogen-bond donors (Lipinski definition) is 1. The Morgan fingerprint density at radius 1 is 1.06 bits per heavy atom. The van der Waals surface area contributed by atoms with Gasteiger partial charge in [-0.2, -0.15) is 0 Å². The first-order chi connectivity index (χ1) is 17.1. The number of benzene rings is 2. The molecule has 1 N–H and O–H groups in total. The summed E-state index contributed by atoms with van der Waals surface area (Å²) < 4.78 is 15.5. The first-order valence-corrected chi connectivity index (χ1v) is 12.5. The van der Waals surface area contributed by atoms with Crippen LogP contribution in [0.4, 0.5) is 4.39 Å². The number of rotatable bonds is 9. The highest BCUT2D eigenvalue weighted by molar-refractivity contribution is 5.80. The highest BCUT2D eigenvalue weighted by atomic mass is 19.1. The Labute approximate surface area is 211 Å². The molecule has 2 aromatic carbocycles. The van der Waals surface area contributed by atoms with Crippen LogP contribution < -0.4 is 5.56 Å². The van der Waals surface area contributed by atoms with Crippen molar-refractivity contribution in [2.75, 3.05) is 0 Å². The van der Waals surface area contributed by atoms with Crippen LogP contribution in [-0.2, 0) is 18.6 Å². The molecule has 8 heteroatoms. The van der Waals surface area contributed by atoms with E-state index in [0.29, 0.717) is 18.7 Å². The average molecular weight is 491 g/mol. The van der Waals surface area contributed by atoms with Gasteiger partial charge in [-0.15, -0.1) is 5.10 Å². The lowest BCUT2D eigenvalue weighted by atomic mass is 10.0. The second kappa shape index (κ2) is 10.3. The summed E-state index contributed by atoms with van der Waals surface area (Å²) in [5.41, 5.74) is 4.39. The van der Waals surface area contributed by atoms with Gasteiger partial charge in [0.15, 0.2) is 5.82 Å². The summed E-state index contributed by atoms with van der Waals surface area (Å²) in [6.45, 7) is 13.5. The normalized spacial score (nSPS) is 13.0. The minimum absolute atomic E-state index is 0.113. The molecule has 4 aromatic rings. The zero-order valence-corrected chi connectivity index (χ0v) is 22.0. The third kappa shape index (κ3) is 5.23. The Kier molecular flexibility index (Phi) is 7.36. The summed E-state index contributed by atoms with van der Waals surface area (Å²) in [6, 6.07) is 12.4. The Morgan fingerprint density at radius 3 is 2.42 bits per heavy atom. The van der Waals surface area contributed by atoms with Crippen LogP contribution in [0.2, 0.25) is 0 Å². The predicted molar refractivity (Wildman–Crippen MR) is 140 cm³/mol. The summed E-state index contributed by atoms with van der Waals surface area (Å²) in [6.07, 6.45) is 1.60. The van der Waals surface area contributed by atoms with Crippen molar-refractivity contribution in [2.24, 2.45) is 0 Å². The Bertz CT molecular complexity index is 1410. The molecule has 0 aliphatic carbocycles. The number of H-pyrrole nitrogens is 1. The van der Waals surface area contributed by atoms with Crippen LogP contribution in [0.3, 0.4) is 0 Å². The lowest BCUT2D eigenvalue weighted by molar-refractivity contribution is 0.150. The van der Waals surface area contributed by atoms with Gasteiger partial charge >= 0.3 is 0 Å². The van der Waals surface area contributed by atoms with Gasteiger partial charge in [0.2, 0.25) is 0 Å². The molecule has 0 aliphatic rings. The van der Waals surface area contributed by atoms with Gasteiger partial charge in [0.1, 0.15) is 5.82 Å². The summed E-state index contributed by atoms with van der Waals surface area (Å²) in [7, 11) is 0. The number of fused-ring (bicyclic) bond motifs is 1. The summed E-state index contributed by atoms with van der Waals surface area (Å²) in [5.74, 6) is 0.484. The largest absolute Gasteiger partial charge is 0.322 e. The Hall–Kier alpha value is -3.39. The van der Waals surface area contributed by atoms with Crippen molar-refractivity contribution < 1.29 is 4.39 Å². The van der Waals surface area contributed by atoms with Crippen molar-refractivity contribution in [1.82, 2.24) is 30.1 Å². The van der Waals surface area contributed by atoms with Gasteiger partial charge in [-0.1, -0.05) is 26.0 Å². The molecule has 1 atom stereocenters. The molecule has 0 saturated carbocycles. The third-order valence-electron chi connectivity index (χ3n) is 7.27. The van der Waals surface area contributed by atoms with Crippen molar-refractivity contribution in [2.45, 2.75) is 79.1 Å². The van der Waals surface area contributed by atoms with Crippen LogP contribution >= 0.6 is 0 Å². The zero-order chi connectivity index (χ0) is 26.0. The fourth-order valence-corrected chi connectivity index (χ4v) is 4.55. The van der Waals surface area contributed by atoms with Crippen LogP contribution in [0, 0.1) is 19.7 Å². The number of pyridine rings is 1. The summed E-state index contributed by atoms with van der Waals surface area (Å²) in [4.78, 5) is 18.4. The molecule has 0 bridgehead atoms. The van der Waals surface area contributed by atoms with Crippen LogP contribution in [0.1, 0.15) is 74.7 Å². The van der Waals surface area contributed by atoms with Gasteiger partial charge in [-0.05, 0) is 103 Å². The van der Waals surface area contributed by atoms with Gasteiger partial charge in [-0.25, -0.2) is 9.07 Å². The van der Waals surface area contributed by atoms with E-state index in [1.54, 1.807) is 12.1 Å². The number of tetrazole rings is 1. The molecule has 0 saturated heterocycles. The van der Waals surface area contributed by atoms with E-state index in [9.17, 15) is 9.18 Å². The summed E-state index contributed by atoms with van der Waals surface area (Å²) in [5, 5.41) is 13.8. The van der Waals surface area contributed by atoms with E-state index in [1.807, 2.05) is 23.7 Å². The Balaban J connectivity index is 1.78. The standard InChI is InChI=1S/C28H35FN6O/c1-7-25(26-31-32-33-35(26)28(5,6)8-2)34(16-20-9-11-23(29)12-10-20)17-22-15-21-13-18(3)19(4)14-24(21)30-27(22)36/h9-15,25H,7-8,16-17H2,1-6H3,(H,30,36)/t25-/m1/s1. The molecular formula is C28H35FN6O. The zero-order valence-electron chi connectivity index (χ0n) is 22.0. The van der Waals surface area contributed by atoms with Crippen LogP contribution in [0.5, 0.6) is 0 Å². The molecule has 7 nitrogen and oxygen atoms in total. The molecule has 0 spiro atoms. The van der Waals surface area contributed by atoms with Gasteiger partial charge in [0.05, 0.1) is 11.6 Å². The minimum atomic E-state index is -0.275. The quantitative estimate of drug-likeness (QED) is 0.332.